The van der Waals surface area contributed by atoms with E-state index in [-0.39, 0.29) is 13.0 Å². The molecule has 158 valence electrons. The van der Waals surface area contributed by atoms with Gasteiger partial charge in [-0.2, -0.15) is 0 Å². The van der Waals surface area contributed by atoms with Crippen molar-refractivity contribution in [2.75, 3.05) is 6.54 Å². The van der Waals surface area contributed by atoms with E-state index in [1.807, 2.05) is 0 Å². The number of nitrogens with zero attached hydrogens (tertiary/aromatic N) is 1. The third-order valence-electron chi connectivity index (χ3n) is 4.29. The van der Waals surface area contributed by atoms with Gasteiger partial charge >= 0.3 is 11.9 Å². The van der Waals surface area contributed by atoms with Crippen LogP contribution in [-0.4, -0.2) is 86.7 Å². The van der Waals surface area contributed by atoms with E-state index in [1.54, 1.807) is 0 Å². The third kappa shape index (κ3) is 6.16. The molecule has 12 heteroatoms. The van der Waals surface area contributed by atoms with Crippen molar-refractivity contribution in [2.45, 2.75) is 63.4 Å². The Morgan fingerprint density at radius 1 is 1.14 bits per heavy atom. The fourth-order valence-corrected chi connectivity index (χ4v) is 2.82. The topological polar surface area (TPSA) is 199 Å². The van der Waals surface area contributed by atoms with Gasteiger partial charge < -0.3 is 36.6 Å². The summed E-state index contributed by atoms with van der Waals surface area (Å²) in [6.45, 7) is 2.70. The maximum absolute atomic E-state index is 12.8. The molecule has 1 fully saturated rings. The third-order valence-corrected chi connectivity index (χ3v) is 4.29. The van der Waals surface area contributed by atoms with Crippen LogP contribution in [0.15, 0.2) is 0 Å². The number of carbonyl (C=O) groups is 5. The van der Waals surface area contributed by atoms with E-state index in [9.17, 15) is 29.1 Å². The van der Waals surface area contributed by atoms with Crippen molar-refractivity contribution in [3.8, 4) is 0 Å². The number of aliphatic hydroxyl groups excluding tert-OH is 1. The summed E-state index contributed by atoms with van der Waals surface area (Å²) in [7, 11) is 0. The van der Waals surface area contributed by atoms with Crippen molar-refractivity contribution in [1.82, 2.24) is 15.5 Å². The number of hydrogen-bond acceptors (Lipinski definition) is 7. The van der Waals surface area contributed by atoms with Gasteiger partial charge in [0.2, 0.25) is 17.7 Å². The SMILES string of the molecule is CC(N)C(=O)NC(CC(=O)O)C(=O)N1CCCC1C(=O)NC(C(=O)O)C(C)O. The van der Waals surface area contributed by atoms with Crippen LogP contribution in [0.2, 0.25) is 0 Å². The van der Waals surface area contributed by atoms with Crippen molar-refractivity contribution in [3.05, 3.63) is 0 Å². The molecule has 0 aliphatic carbocycles. The molecule has 3 amide bonds. The molecule has 5 atom stereocenters. The molecule has 7 N–H and O–H groups in total. The summed E-state index contributed by atoms with van der Waals surface area (Å²) < 4.78 is 0. The number of rotatable bonds is 9. The first-order valence-electron chi connectivity index (χ1n) is 8.75. The molecule has 0 aromatic carbocycles. The molecule has 1 aliphatic heterocycles. The van der Waals surface area contributed by atoms with Crippen molar-refractivity contribution >= 4 is 29.7 Å². The Hall–Kier alpha value is -2.73. The molecule has 1 aliphatic rings. The standard InChI is InChI=1S/C16H26N4O8/c1-7(17)13(24)18-9(6-11(22)23)15(26)20-5-3-4-10(20)14(25)19-12(8(2)21)16(27)28/h7-10,12,21H,3-6,17H2,1-2H3,(H,18,24)(H,19,25)(H,22,23)(H,27,28). The summed E-state index contributed by atoms with van der Waals surface area (Å²) in [5.74, 6) is -5.06. The summed E-state index contributed by atoms with van der Waals surface area (Å²) in [6, 6.07) is -4.99. The van der Waals surface area contributed by atoms with Crippen LogP contribution in [0.3, 0.4) is 0 Å². The molecule has 0 radical (unpaired) electrons. The lowest BCUT2D eigenvalue weighted by Gasteiger charge is -2.29. The summed E-state index contributed by atoms with van der Waals surface area (Å²) >= 11 is 0. The maximum atomic E-state index is 12.8. The lowest BCUT2D eigenvalue weighted by atomic mass is 10.1. The molecule has 0 aromatic rings. The second kappa shape index (κ2) is 9.99. The van der Waals surface area contributed by atoms with E-state index in [0.29, 0.717) is 6.42 Å². The lowest BCUT2D eigenvalue weighted by Crippen LogP contribution is -2.58. The lowest BCUT2D eigenvalue weighted by molar-refractivity contribution is -0.148. The fraction of sp³-hybridized carbons (Fsp3) is 0.688. The first kappa shape index (κ1) is 23.3. The van der Waals surface area contributed by atoms with Crippen LogP contribution in [0.25, 0.3) is 0 Å². The van der Waals surface area contributed by atoms with Crippen LogP contribution in [0.1, 0.15) is 33.1 Å². The Bertz CT molecular complexity index is 636. The van der Waals surface area contributed by atoms with Crippen molar-refractivity contribution < 1.29 is 39.3 Å². The normalized spacial score (nSPS) is 20.6. The average Bonchev–Trinajstić information content (AvgIpc) is 3.06. The monoisotopic (exact) mass is 402 g/mol. The van der Waals surface area contributed by atoms with Gasteiger partial charge in [-0.15, -0.1) is 0 Å². The van der Waals surface area contributed by atoms with Crippen LogP contribution in [-0.2, 0) is 24.0 Å². The quantitative estimate of drug-likeness (QED) is 0.236. The number of aliphatic hydroxyl groups is 1. The molecule has 1 rings (SSSR count). The van der Waals surface area contributed by atoms with Gasteiger partial charge in [0.1, 0.15) is 12.1 Å². The number of hydrogen-bond donors (Lipinski definition) is 6. The molecule has 0 saturated carbocycles. The van der Waals surface area contributed by atoms with Gasteiger partial charge in [-0.05, 0) is 26.7 Å². The molecule has 1 saturated heterocycles. The zero-order valence-electron chi connectivity index (χ0n) is 15.6. The van der Waals surface area contributed by atoms with Crippen LogP contribution in [0.5, 0.6) is 0 Å². The van der Waals surface area contributed by atoms with E-state index in [4.69, 9.17) is 15.9 Å². The van der Waals surface area contributed by atoms with E-state index >= 15 is 0 Å². The molecule has 12 nitrogen and oxygen atoms in total. The fourth-order valence-electron chi connectivity index (χ4n) is 2.82. The molecule has 5 unspecified atom stereocenters. The molecule has 1 heterocycles. The molecular weight excluding hydrogens is 376 g/mol. The van der Waals surface area contributed by atoms with Crippen LogP contribution in [0.4, 0.5) is 0 Å². The van der Waals surface area contributed by atoms with Gasteiger partial charge in [-0.3, -0.25) is 19.2 Å². The highest BCUT2D eigenvalue weighted by atomic mass is 16.4. The Balaban J connectivity index is 2.96. The van der Waals surface area contributed by atoms with Crippen LogP contribution >= 0.6 is 0 Å². The zero-order chi connectivity index (χ0) is 21.6. The second-order valence-corrected chi connectivity index (χ2v) is 6.70. The predicted octanol–water partition coefficient (Wildman–Crippen LogP) is -2.77. The summed E-state index contributed by atoms with van der Waals surface area (Å²) in [6.07, 6.45) is -1.41. The van der Waals surface area contributed by atoms with Gasteiger partial charge in [0.25, 0.3) is 0 Å². The highest BCUT2D eigenvalue weighted by Gasteiger charge is 2.40. The number of likely N-dealkylation sites (tertiary alicyclic amines) is 1. The van der Waals surface area contributed by atoms with Gasteiger partial charge in [0.15, 0.2) is 6.04 Å². The number of nitrogens with two attached hydrogens (primary N) is 1. The van der Waals surface area contributed by atoms with E-state index in [1.165, 1.54) is 13.8 Å². The smallest absolute Gasteiger partial charge is 0.328 e. The first-order chi connectivity index (χ1) is 13.0. The Kier molecular flexibility index (Phi) is 8.32. The Morgan fingerprint density at radius 2 is 1.75 bits per heavy atom. The van der Waals surface area contributed by atoms with Gasteiger partial charge in [0.05, 0.1) is 18.6 Å². The minimum Gasteiger partial charge on any atom is -0.481 e. The van der Waals surface area contributed by atoms with E-state index in [2.05, 4.69) is 10.6 Å². The number of nitrogens with one attached hydrogen (secondary N) is 2. The van der Waals surface area contributed by atoms with Crippen LogP contribution in [0, 0.1) is 0 Å². The molecule has 0 spiro atoms. The number of aliphatic carboxylic acids is 2. The zero-order valence-corrected chi connectivity index (χ0v) is 15.6. The maximum Gasteiger partial charge on any atom is 0.328 e. The predicted molar refractivity (Wildman–Crippen MR) is 93.8 cm³/mol. The highest BCUT2D eigenvalue weighted by Crippen LogP contribution is 2.20. The Labute approximate surface area is 161 Å². The number of carboxylic acids is 2. The minimum absolute atomic E-state index is 0.132. The Morgan fingerprint density at radius 3 is 2.21 bits per heavy atom. The largest absolute Gasteiger partial charge is 0.481 e. The van der Waals surface area contributed by atoms with Crippen molar-refractivity contribution in [3.63, 3.8) is 0 Å². The van der Waals surface area contributed by atoms with Gasteiger partial charge in [0, 0.05) is 6.54 Å². The number of carbonyl (C=O) groups excluding carboxylic acids is 3. The molecule has 28 heavy (non-hydrogen) atoms. The van der Waals surface area contributed by atoms with E-state index < -0.39 is 66.4 Å². The van der Waals surface area contributed by atoms with Crippen molar-refractivity contribution in [1.29, 1.82) is 0 Å². The first-order valence-corrected chi connectivity index (χ1v) is 8.75. The average molecular weight is 402 g/mol. The van der Waals surface area contributed by atoms with Crippen molar-refractivity contribution in [2.24, 2.45) is 5.73 Å². The number of amides is 3. The van der Waals surface area contributed by atoms with Gasteiger partial charge in [-0.25, -0.2) is 4.79 Å². The highest BCUT2D eigenvalue weighted by molar-refractivity contribution is 5.96. The van der Waals surface area contributed by atoms with Crippen LogP contribution < -0.4 is 16.4 Å². The number of carboxylic acid groups (broad SMARTS) is 2. The second-order valence-electron chi connectivity index (χ2n) is 6.70. The summed E-state index contributed by atoms with van der Waals surface area (Å²) in [4.78, 5) is 60.3. The molecule has 0 aromatic heterocycles. The molecular formula is C16H26N4O8. The summed E-state index contributed by atoms with van der Waals surface area (Å²) in [5.41, 5.74) is 5.43. The minimum atomic E-state index is -1.56. The molecule has 0 bridgehead atoms. The summed E-state index contributed by atoms with van der Waals surface area (Å²) in [5, 5.41) is 32.0. The van der Waals surface area contributed by atoms with E-state index in [0.717, 1.165) is 4.90 Å². The van der Waals surface area contributed by atoms with Gasteiger partial charge in [-0.1, -0.05) is 0 Å².